The van der Waals surface area contributed by atoms with E-state index >= 15 is 0 Å². The Kier molecular flexibility index (Phi) is 6.27. The maximum absolute atomic E-state index is 9.84. The van der Waals surface area contributed by atoms with E-state index in [1.54, 1.807) is 0 Å². The molecule has 8 N–H and O–H groups in total. The molecule has 136 valence electrons. The highest BCUT2D eigenvalue weighted by atomic mass is 16.8. The molecule has 0 aromatic heterocycles. The van der Waals surface area contributed by atoms with E-state index in [0.717, 1.165) is 0 Å². The van der Waals surface area contributed by atoms with Crippen molar-refractivity contribution < 1.29 is 55.1 Å². The lowest BCUT2D eigenvalue weighted by molar-refractivity contribution is -0.376. The first kappa shape index (κ1) is 18.9. The van der Waals surface area contributed by atoms with Crippen LogP contribution in [-0.4, -0.2) is 115 Å². The van der Waals surface area contributed by atoms with Gasteiger partial charge in [0.2, 0.25) is 0 Å². The maximum Gasteiger partial charge on any atom is 0.189 e. The van der Waals surface area contributed by atoms with Crippen LogP contribution in [0.1, 0.15) is 0 Å². The molecule has 0 saturated carbocycles. The summed E-state index contributed by atoms with van der Waals surface area (Å²) >= 11 is 0. The highest BCUT2D eigenvalue weighted by Crippen LogP contribution is 2.27. The molecule has 0 aliphatic carbocycles. The van der Waals surface area contributed by atoms with Gasteiger partial charge in [-0.25, -0.2) is 0 Å². The van der Waals surface area contributed by atoms with E-state index < -0.39 is 74.6 Å². The molecule has 11 heteroatoms. The van der Waals surface area contributed by atoms with Gasteiger partial charge in [-0.05, 0) is 0 Å². The Hall–Kier alpha value is -0.440. The monoisotopic (exact) mass is 342 g/mol. The first-order chi connectivity index (χ1) is 10.8. The highest BCUT2D eigenvalue weighted by Gasteiger charge is 2.49. The molecular weight excluding hydrogens is 320 g/mol. The van der Waals surface area contributed by atoms with Crippen LogP contribution in [0.3, 0.4) is 0 Å². The van der Waals surface area contributed by atoms with Gasteiger partial charge in [0.15, 0.2) is 12.6 Å². The molecule has 2 saturated heterocycles. The molecule has 2 rings (SSSR count). The van der Waals surface area contributed by atoms with Gasteiger partial charge in [0.05, 0.1) is 13.2 Å². The SMILES string of the molecule is OC[C@H]1O[C@@H](O[C@@H]2O[C@H](CO)[C@H](O)[C@H](O)[C@H]2O)[C@H](O)[C@@H](O)[C@H]1O. The Morgan fingerprint density at radius 2 is 0.913 bits per heavy atom. The zero-order valence-electron chi connectivity index (χ0n) is 12.0. The summed E-state index contributed by atoms with van der Waals surface area (Å²) in [7, 11) is 0. The maximum atomic E-state index is 9.84. The van der Waals surface area contributed by atoms with Gasteiger partial charge in [-0.2, -0.15) is 0 Å². The third kappa shape index (κ3) is 3.65. The normalized spacial score (nSPS) is 51.7. The fourth-order valence-corrected chi connectivity index (χ4v) is 2.49. The van der Waals surface area contributed by atoms with Crippen LogP contribution < -0.4 is 0 Å². The second-order valence-corrected chi connectivity index (χ2v) is 5.53. The molecule has 0 radical (unpaired) electrons. The lowest BCUT2D eigenvalue weighted by Crippen LogP contribution is -2.63. The Morgan fingerprint density at radius 3 is 1.22 bits per heavy atom. The van der Waals surface area contributed by atoms with Gasteiger partial charge in [-0.1, -0.05) is 0 Å². The standard InChI is InChI=1S/C12H22O11/c13-1-3-5(15)7(17)9(19)11(21-3)23-12-10(20)8(18)6(16)4(2-14)22-12/h3-20H,1-2H2/t3-,4-,5+,6+,7+,8+,9-,10-,11+,12+/m1/s1. The second-order valence-electron chi connectivity index (χ2n) is 5.53. The zero-order valence-corrected chi connectivity index (χ0v) is 12.0. The number of ether oxygens (including phenoxy) is 3. The first-order valence-corrected chi connectivity index (χ1v) is 7.08. The van der Waals surface area contributed by atoms with Crippen molar-refractivity contribution in [2.75, 3.05) is 13.2 Å². The van der Waals surface area contributed by atoms with E-state index in [4.69, 9.17) is 24.4 Å². The van der Waals surface area contributed by atoms with E-state index in [1.165, 1.54) is 0 Å². The summed E-state index contributed by atoms with van der Waals surface area (Å²) in [5.74, 6) is 0. The van der Waals surface area contributed by atoms with Crippen LogP contribution in [0.2, 0.25) is 0 Å². The van der Waals surface area contributed by atoms with Crippen LogP contribution >= 0.6 is 0 Å². The smallest absolute Gasteiger partial charge is 0.189 e. The Morgan fingerprint density at radius 1 is 0.565 bits per heavy atom. The molecule has 0 spiro atoms. The van der Waals surface area contributed by atoms with Crippen LogP contribution in [0.5, 0.6) is 0 Å². The van der Waals surface area contributed by atoms with Crippen LogP contribution in [0.4, 0.5) is 0 Å². The van der Waals surface area contributed by atoms with Crippen molar-refractivity contribution in [3.05, 3.63) is 0 Å². The number of hydrogen-bond donors (Lipinski definition) is 8. The number of aliphatic hydroxyl groups is 8. The fraction of sp³-hybridized carbons (Fsp3) is 1.00. The van der Waals surface area contributed by atoms with Crippen molar-refractivity contribution in [1.29, 1.82) is 0 Å². The second kappa shape index (κ2) is 7.63. The number of rotatable bonds is 4. The predicted octanol–water partition coefficient (Wildman–Crippen LogP) is -5.40. The molecule has 2 fully saturated rings. The van der Waals surface area contributed by atoms with Gasteiger partial charge in [0.25, 0.3) is 0 Å². The molecule has 0 aromatic rings. The third-order valence-corrected chi connectivity index (χ3v) is 3.97. The summed E-state index contributed by atoms with van der Waals surface area (Å²) in [5, 5.41) is 76.4. The minimum atomic E-state index is -1.72. The fourth-order valence-electron chi connectivity index (χ4n) is 2.49. The zero-order chi connectivity index (χ0) is 17.3. The van der Waals surface area contributed by atoms with Crippen molar-refractivity contribution in [1.82, 2.24) is 0 Å². The van der Waals surface area contributed by atoms with Gasteiger partial charge in [0, 0.05) is 0 Å². The Balaban J connectivity index is 2.07. The summed E-state index contributed by atoms with van der Waals surface area (Å²) < 4.78 is 15.3. The molecule has 0 bridgehead atoms. The van der Waals surface area contributed by atoms with Crippen molar-refractivity contribution in [3.63, 3.8) is 0 Å². The molecular formula is C12H22O11. The molecule has 0 unspecified atom stereocenters. The molecule has 2 aliphatic rings. The lowest BCUT2D eigenvalue weighted by Gasteiger charge is -2.44. The summed E-state index contributed by atoms with van der Waals surface area (Å²) in [6.07, 6.45) is -15.6. The average molecular weight is 342 g/mol. The largest absolute Gasteiger partial charge is 0.394 e. The van der Waals surface area contributed by atoms with E-state index in [9.17, 15) is 30.6 Å². The quantitative estimate of drug-likeness (QED) is 0.243. The topological polar surface area (TPSA) is 190 Å². The minimum Gasteiger partial charge on any atom is -0.394 e. The van der Waals surface area contributed by atoms with E-state index in [-0.39, 0.29) is 0 Å². The molecule has 0 amide bonds. The van der Waals surface area contributed by atoms with E-state index in [1.807, 2.05) is 0 Å². The average Bonchev–Trinajstić information content (AvgIpc) is 2.55. The van der Waals surface area contributed by atoms with Crippen molar-refractivity contribution in [3.8, 4) is 0 Å². The van der Waals surface area contributed by atoms with Gasteiger partial charge in [-0.3, -0.25) is 0 Å². The number of hydrogen-bond acceptors (Lipinski definition) is 11. The summed E-state index contributed by atoms with van der Waals surface area (Å²) in [5.41, 5.74) is 0. The van der Waals surface area contributed by atoms with Crippen molar-refractivity contribution >= 4 is 0 Å². The molecule has 0 aromatic carbocycles. The summed E-state index contributed by atoms with van der Waals surface area (Å²) in [6.45, 7) is -1.33. The number of aliphatic hydroxyl groups excluding tert-OH is 8. The predicted molar refractivity (Wildman–Crippen MR) is 68.6 cm³/mol. The van der Waals surface area contributed by atoms with Crippen molar-refractivity contribution in [2.45, 2.75) is 61.4 Å². The van der Waals surface area contributed by atoms with Gasteiger partial charge >= 0.3 is 0 Å². The summed E-state index contributed by atoms with van der Waals surface area (Å²) in [6, 6.07) is 0. The first-order valence-electron chi connectivity index (χ1n) is 7.08. The van der Waals surface area contributed by atoms with Gasteiger partial charge < -0.3 is 55.1 Å². The van der Waals surface area contributed by atoms with Crippen LogP contribution in [-0.2, 0) is 14.2 Å². The van der Waals surface area contributed by atoms with Crippen LogP contribution in [0.25, 0.3) is 0 Å². The minimum absolute atomic E-state index is 0.667. The third-order valence-electron chi connectivity index (χ3n) is 3.97. The molecule has 10 atom stereocenters. The van der Waals surface area contributed by atoms with Gasteiger partial charge in [-0.15, -0.1) is 0 Å². The molecule has 11 nitrogen and oxygen atoms in total. The van der Waals surface area contributed by atoms with Crippen LogP contribution in [0.15, 0.2) is 0 Å². The van der Waals surface area contributed by atoms with Crippen molar-refractivity contribution in [2.24, 2.45) is 0 Å². The highest BCUT2D eigenvalue weighted by molar-refractivity contribution is 4.92. The Labute approximate surface area is 130 Å². The molecule has 2 aliphatic heterocycles. The lowest BCUT2D eigenvalue weighted by atomic mass is 9.98. The Bertz CT molecular complexity index is 344. The summed E-state index contributed by atoms with van der Waals surface area (Å²) in [4.78, 5) is 0. The van der Waals surface area contributed by atoms with Gasteiger partial charge in [0.1, 0.15) is 48.8 Å². The molecule has 2 heterocycles. The molecule has 23 heavy (non-hydrogen) atoms. The van der Waals surface area contributed by atoms with E-state index in [2.05, 4.69) is 0 Å². The van der Waals surface area contributed by atoms with Crippen LogP contribution in [0, 0.1) is 0 Å². The van der Waals surface area contributed by atoms with E-state index in [0.29, 0.717) is 0 Å².